The molecule has 1 aromatic carbocycles. The molecule has 2 rings (SSSR count). The predicted octanol–water partition coefficient (Wildman–Crippen LogP) is 2.31. The lowest BCUT2D eigenvalue weighted by atomic mass is 10.2. The Morgan fingerprint density at radius 3 is 2.35 bits per heavy atom. The van der Waals surface area contributed by atoms with Crippen LogP contribution in [0.15, 0.2) is 18.2 Å². The van der Waals surface area contributed by atoms with Crippen LogP contribution in [0.2, 0.25) is 0 Å². The monoisotopic (exact) mass is 289 g/mol. The van der Waals surface area contributed by atoms with Crippen molar-refractivity contribution < 1.29 is 17.9 Å². The highest BCUT2D eigenvalue weighted by atomic mass is 19.4. The minimum atomic E-state index is -4.69. The van der Waals surface area contributed by atoms with Gasteiger partial charge in [0.1, 0.15) is 5.75 Å². The largest absolute Gasteiger partial charge is 0.573 e. The molecule has 20 heavy (non-hydrogen) atoms. The van der Waals surface area contributed by atoms with E-state index in [4.69, 9.17) is 5.73 Å². The number of benzene rings is 1. The minimum absolute atomic E-state index is 0.286. The van der Waals surface area contributed by atoms with Gasteiger partial charge >= 0.3 is 6.36 Å². The first kappa shape index (κ1) is 14.8. The molecule has 1 fully saturated rings. The second kappa shape index (κ2) is 5.78. The molecule has 2 N–H and O–H groups in total. The van der Waals surface area contributed by atoms with E-state index in [2.05, 4.69) is 21.5 Å². The second-order valence-electron chi connectivity index (χ2n) is 4.69. The number of nitrogen functional groups attached to an aromatic ring is 1. The van der Waals surface area contributed by atoms with Crippen LogP contribution in [-0.2, 0) is 0 Å². The molecule has 1 heterocycles. The summed E-state index contributed by atoms with van der Waals surface area (Å²) in [7, 11) is 0. The minimum Gasteiger partial charge on any atom is -0.406 e. The van der Waals surface area contributed by atoms with Gasteiger partial charge in [-0.15, -0.1) is 13.2 Å². The number of ether oxygens (including phenoxy) is 1. The number of halogens is 3. The molecule has 0 atom stereocenters. The molecule has 1 aromatic rings. The van der Waals surface area contributed by atoms with E-state index in [0.717, 1.165) is 38.4 Å². The first-order valence-electron chi connectivity index (χ1n) is 6.51. The van der Waals surface area contributed by atoms with Crippen LogP contribution in [0.3, 0.4) is 0 Å². The molecule has 0 aromatic heterocycles. The first-order chi connectivity index (χ1) is 9.39. The number of nitrogens with two attached hydrogens (primary N) is 1. The average Bonchev–Trinajstić information content (AvgIpc) is 2.37. The Labute approximate surface area is 115 Å². The zero-order chi connectivity index (χ0) is 14.8. The quantitative estimate of drug-likeness (QED) is 0.867. The Balaban J connectivity index is 2.07. The third-order valence-electron chi connectivity index (χ3n) is 3.39. The number of nitrogens with zero attached hydrogens (tertiary/aromatic N) is 2. The van der Waals surface area contributed by atoms with Crippen molar-refractivity contribution in [1.82, 2.24) is 4.90 Å². The van der Waals surface area contributed by atoms with Crippen molar-refractivity contribution >= 4 is 11.4 Å². The Morgan fingerprint density at radius 1 is 1.20 bits per heavy atom. The summed E-state index contributed by atoms with van der Waals surface area (Å²) < 4.78 is 40.2. The summed E-state index contributed by atoms with van der Waals surface area (Å²) in [5, 5.41) is 0. The average molecular weight is 289 g/mol. The van der Waals surface area contributed by atoms with Crippen LogP contribution in [0.5, 0.6) is 5.75 Å². The summed E-state index contributed by atoms with van der Waals surface area (Å²) in [6, 6.07) is 4.10. The lowest BCUT2D eigenvalue weighted by Crippen LogP contribution is -2.46. The van der Waals surface area contributed by atoms with Gasteiger partial charge in [-0.2, -0.15) is 0 Å². The van der Waals surface area contributed by atoms with Gasteiger partial charge < -0.3 is 20.3 Å². The van der Waals surface area contributed by atoms with E-state index in [0.29, 0.717) is 5.69 Å². The molecule has 112 valence electrons. The number of anilines is 2. The van der Waals surface area contributed by atoms with E-state index in [-0.39, 0.29) is 5.75 Å². The van der Waals surface area contributed by atoms with E-state index in [1.807, 2.05) is 0 Å². The van der Waals surface area contributed by atoms with Crippen molar-refractivity contribution in [1.29, 1.82) is 0 Å². The van der Waals surface area contributed by atoms with Gasteiger partial charge in [-0.25, -0.2) is 0 Å². The number of alkyl halides is 3. The van der Waals surface area contributed by atoms with Gasteiger partial charge in [-0.05, 0) is 18.7 Å². The Kier molecular flexibility index (Phi) is 4.27. The summed E-state index contributed by atoms with van der Waals surface area (Å²) in [6.07, 6.45) is -4.69. The third-order valence-corrected chi connectivity index (χ3v) is 3.39. The summed E-state index contributed by atoms with van der Waals surface area (Å²) in [6.45, 7) is 6.59. The van der Waals surface area contributed by atoms with Crippen molar-refractivity contribution in [2.75, 3.05) is 43.4 Å². The zero-order valence-electron chi connectivity index (χ0n) is 11.3. The maximum atomic E-state index is 12.1. The molecule has 1 saturated heterocycles. The van der Waals surface area contributed by atoms with Crippen molar-refractivity contribution in [2.24, 2.45) is 0 Å². The van der Waals surface area contributed by atoms with Gasteiger partial charge in [0, 0.05) is 32.2 Å². The summed E-state index contributed by atoms with van der Waals surface area (Å²) >= 11 is 0. The standard InChI is InChI=1S/C13H18F3N3O/c1-2-18-5-7-19(8-6-18)12-4-3-10(9-11(12)17)20-13(14,15)16/h3-4,9H,2,5-8,17H2,1H3. The van der Waals surface area contributed by atoms with Gasteiger partial charge in [0.15, 0.2) is 0 Å². The molecule has 0 unspecified atom stereocenters. The highest BCUT2D eigenvalue weighted by Crippen LogP contribution is 2.31. The molecule has 0 saturated carbocycles. The third kappa shape index (κ3) is 3.69. The molecule has 4 nitrogen and oxygen atoms in total. The highest BCUT2D eigenvalue weighted by Gasteiger charge is 2.31. The van der Waals surface area contributed by atoms with E-state index >= 15 is 0 Å². The van der Waals surface area contributed by atoms with Gasteiger partial charge in [-0.1, -0.05) is 6.92 Å². The van der Waals surface area contributed by atoms with Crippen molar-refractivity contribution in [3.8, 4) is 5.75 Å². The number of rotatable bonds is 3. The summed E-state index contributed by atoms with van der Waals surface area (Å²) in [5.74, 6) is -0.286. The van der Waals surface area contributed by atoms with Crippen LogP contribution in [0.25, 0.3) is 0 Å². The van der Waals surface area contributed by atoms with Gasteiger partial charge in [0.2, 0.25) is 0 Å². The Bertz CT molecular complexity index is 457. The molecule has 0 spiro atoms. The normalized spacial score (nSPS) is 17.3. The van der Waals surface area contributed by atoms with Crippen LogP contribution in [0, 0.1) is 0 Å². The molecule has 0 aliphatic carbocycles. The molecule has 7 heteroatoms. The van der Waals surface area contributed by atoms with Crippen LogP contribution < -0.4 is 15.4 Å². The van der Waals surface area contributed by atoms with Gasteiger partial charge in [-0.3, -0.25) is 0 Å². The molecule has 0 amide bonds. The van der Waals surface area contributed by atoms with Crippen molar-refractivity contribution in [2.45, 2.75) is 13.3 Å². The summed E-state index contributed by atoms with van der Waals surface area (Å²) in [5.41, 5.74) is 6.90. The van der Waals surface area contributed by atoms with E-state index in [9.17, 15) is 13.2 Å². The maximum absolute atomic E-state index is 12.1. The smallest absolute Gasteiger partial charge is 0.406 e. The lowest BCUT2D eigenvalue weighted by molar-refractivity contribution is -0.274. The molecule has 1 aliphatic rings. The summed E-state index contributed by atoms with van der Waals surface area (Å²) in [4.78, 5) is 4.40. The zero-order valence-corrected chi connectivity index (χ0v) is 11.3. The van der Waals surface area contributed by atoms with Crippen molar-refractivity contribution in [3.63, 3.8) is 0 Å². The topological polar surface area (TPSA) is 41.7 Å². The number of likely N-dealkylation sites (N-methyl/N-ethyl adjacent to an activating group) is 1. The number of hydrogen-bond donors (Lipinski definition) is 1. The SMILES string of the molecule is CCN1CCN(c2ccc(OC(F)(F)F)cc2N)CC1. The van der Waals surface area contributed by atoms with Crippen LogP contribution in [-0.4, -0.2) is 44.0 Å². The number of piperazine rings is 1. The van der Waals surface area contributed by atoms with Crippen LogP contribution in [0.4, 0.5) is 24.5 Å². The Hall–Kier alpha value is -1.63. The lowest BCUT2D eigenvalue weighted by Gasteiger charge is -2.36. The molecule has 0 bridgehead atoms. The Morgan fingerprint density at radius 2 is 1.85 bits per heavy atom. The van der Waals surface area contributed by atoms with Gasteiger partial charge in [0.05, 0.1) is 11.4 Å². The first-order valence-corrected chi connectivity index (χ1v) is 6.51. The predicted molar refractivity (Wildman–Crippen MR) is 71.9 cm³/mol. The van der Waals surface area contributed by atoms with Crippen molar-refractivity contribution in [3.05, 3.63) is 18.2 Å². The van der Waals surface area contributed by atoms with E-state index < -0.39 is 6.36 Å². The maximum Gasteiger partial charge on any atom is 0.573 e. The van der Waals surface area contributed by atoms with E-state index in [1.54, 1.807) is 6.07 Å². The van der Waals surface area contributed by atoms with Crippen LogP contribution >= 0.6 is 0 Å². The second-order valence-corrected chi connectivity index (χ2v) is 4.69. The fraction of sp³-hybridized carbons (Fsp3) is 0.538. The number of hydrogen-bond acceptors (Lipinski definition) is 4. The van der Waals surface area contributed by atoms with E-state index in [1.165, 1.54) is 12.1 Å². The molecular weight excluding hydrogens is 271 g/mol. The molecular formula is C13H18F3N3O. The highest BCUT2D eigenvalue weighted by molar-refractivity contribution is 5.69. The molecule has 1 aliphatic heterocycles. The molecule has 0 radical (unpaired) electrons. The van der Waals surface area contributed by atoms with Crippen LogP contribution in [0.1, 0.15) is 6.92 Å². The fourth-order valence-electron chi connectivity index (χ4n) is 2.32. The van der Waals surface area contributed by atoms with Gasteiger partial charge in [0.25, 0.3) is 0 Å². The fourth-order valence-corrected chi connectivity index (χ4v) is 2.32.